The molecule has 188 valence electrons. The molecule has 4 aromatic rings. The molecule has 2 amide bonds. The van der Waals surface area contributed by atoms with Crippen molar-refractivity contribution < 1.29 is 23.9 Å². The molecular formula is C29H25ClN2O5. The molecule has 0 fully saturated rings. The Morgan fingerprint density at radius 3 is 2.19 bits per heavy atom. The monoisotopic (exact) mass is 516 g/mol. The Morgan fingerprint density at radius 2 is 1.41 bits per heavy atom. The van der Waals surface area contributed by atoms with Gasteiger partial charge in [-0.1, -0.05) is 54.1 Å². The summed E-state index contributed by atoms with van der Waals surface area (Å²) in [6.07, 6.45) is 0.446. The summed E-state index contributed by atoms with van der Waals surface area (Å²) in [6.45, 7) is -0.427. The molecule has 4 rings (SSSR count). The molecule has 0 aromatic heterocycles. The predicted octanol–water partition coefficient (Wildman–Crippen LogP) is 6.58. The van der Waals surface area contributed by atoms with Crippen molar-refractivity contribution in [1.29, 1.82) is 0 Å². The predicted molar refractivity (Wildman–Crippen MR) is 144 cm³/mol. The van der Waals surface area contributed by atoms with Crippen LogP contribution in [0.1, 0.15) is 19.3 Å². The zero-order valence-electron chi connectivity index (χ0n) is 19.9. The van der Waals surface area contributed by atoms with Crippen LogP contribution in [0.3, 0.4) is 0 Å². The fourth-order valence-electron chi connectivity index (χ4n) is 3.56. The maximum absolute atomic E-state index is 12.2. The summed E-state index contributed by atoms with van der Waals surface area (Å²) in [5, 5.41) is 7.98. The lowest BCUT2D eigenvalue weighted by atomic mass is 10.1. The number of fused-ring (bicyclic) bond motifs is 1. The second-order valence-corrected chi connectivity index (χ2v) is 8.63. The number of carbonyl (C=O) groups is 3. The number of esters is 1. The summed E-state index contributed by atoms with van der Waals surface area (Å²) < 4.78 is 10.9. The molecule has 8 heteroatoms. The van der Waals surface area contributed by atoms with Gasteiger partial charge in [-0.2, -0.15) is 0 Å². The van der Waals surface area contributed by atoms with Gasteiger partial charge in [0.2, 0.25) is 5.91 Å². The van der Waals surface area contributed by atoms with E-state index in [0.29, 0.717) is 28.6 Å². The molecule has 0 spiro atoms. The van der Waals surface area contributed by atoms with Gasteiger partial charge in [0, 0.05) is 18.5 Å². The molecule has 0 aliphatic rings. The van der Waals surface area contributed by atoms with Gasteiger partial charge in [-0.05, 0) is 65.7 Å². The fourth-order valence-corrected chi connectivity index (χ4v) is 3.74. The highest BCUT2D eigenvalue weighted by Crippen LogP contribution is 2.26. The van der Waals surface area contributed by atoms with E-state index in [-0.39, 0.29) is 18.7 Å². The zero-order valence-corrected chi connectivity index (χ0v) is 20.7. The normalized spacial score (nSPS) is 10.5. The van der Waals surface area contributed by atoms with Gasteiger partial charge in [0.15, 0.2) is 6.61 Å². The second-order valence-electron chi connectivity index (χ2n) is 8.23. The number of para-hydroxylation sites is 1. The maximum Gasteiger partial charge on any atom is 0.306 e. The van der Waals surface area contributed by atoms with Crippen molar-refractivity contribution in [3.8, 4) is 11.5 Å². The van der Waals surface area contributed by atoms with E-state index in [2.05, 4.69) is 10.6 Å². The first kappa shape index (κ1) is 25.7. The van der Waals surface area contributed by atoms with Crippen LogP contribution in [0, 0.1) is 0 Å². The second kappa shape index (κ2) is 12.6. The van der Waals surface area contributed by atoms with Gasteiger partial charge in [-0.15, -0.1) is 0 Å². The first-order chi connectivity index (χ1) is 18.0. The van der Waals surface area contributed by atoms with E-state index in [0.717, 1.165) is 16.5 Å². The molecule has 0 bridgehead atoms. The van der Waals surface area contributed by atoms with Gasteiger partial charge >= 0.3 is 5.97 Å². The van der Waals surface area contributed by atoms with E-state index in [1.54, 1.807) is 48.5 Å². The van der Waals surface area contributed by atoms with Crippen molar-refractivity contribution in [2.24, 2.45) is 0 Å². The van der Waals surface area contributed by atoms with Gasteiger partial charge in [0.05, 0.1) is 10.7 Å². The summed E-state index contributed by atoms with van der Waals surface area (Å²) in [7, 11) is 0. The molecule has 37 heavy (non-hydrogen) atoms. The van der Waals surface area contributed by atoms with Crippen LogP contribution in [-0.2, 0) is 19.1 Å². The van der Waals surface area contributed by atoms with Crippen LogP contribution < -0.4 is 15.4 Å². The summed E-state index contributed by atoms with van der Waals surface area (Å²) in [5.74, 6) is 0.0929. The lowest BCUT2D eigenvalue weighted by Crippen LogP contribution is -2.21. The minimum atomic E-state index is -0.558. The highest BCUT2D eigenvalue weighted by Gasteiger charge is 2.11. The Morgan fingerprint density at radius 1 is 0.703 bits per heavy atom. The van der Waals surface area contributed by atoms with E-state index in [1.807, 2.05) is 42.5 Å². The van der Waals surface area contributed by atoms with Crippen LogP contribution in [0.25, 0.3) is 10.8 Å². The SMILES string of the molecule is O=C(CCCC(=O)OCC(=O)Nc1ccccc1Cl)Nc1ccc(Oc2ccc3ccccc3c2)cc1. The van der Waals surface area contributed by atoms with Crippen LogP contribution in [0.2, 0.25) is 5.02 Å². The lowest BCUT2D eigenvalue weighted by molar-refractivity contribution is -0.147. The van der Waals surface area contributed by atoms with Gasteiger partial charge < -0.3 is 20.1 Å². The minimum Gasteiger partial charge on any atom is -0.457 e. The maximum atomic E-state index is 12.2. The molecule has 0 saturated heterocycles. The summed E-state index contributed by atoms with van der Waals surface area (Å²) in [4.78, 5) is 36.0. The Kier molecular flexibility index (Phi) is 8.73. The average Bonchev–Trinajstić information content (AvgIpc) is 2.90. The number of anilines is 2. The highest BCUT2D eigenvalue weighted by atomic mass is 35.5. The van der Waals surface area contributed by atoms with Crippen LogP contribution in [0.4, 0.5) is 11.4 Å². The third-order valence-electron chi connectivity index (χ3n) is 5.39. The largest absolute Gasteiger partial charge is 0.457 e. The standard InChI is InChI=1S/C29H25ClN2O5/c30-25-8-3-4-9-26(25)32-28(34)19-36-29(35)11-5-10-27(33)31-22-13-16-23(17-14-22)37-24-15-12-20-6-1-2-7-21(20)18-24/h1-4,6-9,12-18H,5,10-11,19H2,(H,31,33)(H,32,34). The third kappa shape index (κ3) is 7.81. The number of hydrogen-bond acceptors (Lipinski definition) is 5. The van der Waals surface area contributed by atoms with Gasteiger partial charge in [-0.3, -0.25) is 14.4 Å². The number of benzene rings is 4. The number of rotatable bonds is 10. The highest BCUT2D eigenvalue weighted by molar-refractivity contribution is 6.33. The van der Waals surface area contributed by atoms with E-state index in [9.17, 15) is 14.4 Å². The van der Waals surface area contributed by atoms with E-state index >= 15 is 0 Å². The van der Waals surface area contributed by atoms with Crippen molar-refractivity contribution in [2.45, 2.75) is 19.3 Å². The Balaban J connectivity index is 1.15. The summed E-state index contributed by atoms with van der Waals surface area (Å²) in [6, 6.07) is 27.7. The number of halogens is 1. The number of carbonyl (C=O) groups excluding carboxylic acids is 3. The van der Waals surface area contributed by atoms with Gasteiger partial charge in [0.1, 0.15) is 11.5 Å². The Hall–Kier alpha value is -4.36. The smallest absolute Gasteiger partial charge is 0.306 e. The minimum absolute atomic E-state index is 0.0192. The Labute approximate surface area is 219 Å². The molecule has 0 radical (unpaired) electrons. The summed E-state index contributed by atoms with van der Waals surface area (Å²) in [5.41, 5.74) is 1.06. The molecule has 0 saturated carbocycles. The van der Waals surface area contributed by atoms with Crippen LogP contribution in [0.15, 0.2) is 91.0 Å². The molecule has 0 heterocycles. The molecule has 4 aromatic carbocycles. The van der Waals surface area contributed by atoms with Crippen molar-refractivity contribution in [1.82, 2.24) is 0 Å². The van der Waals surface area contributed by atoms with E-state index in [1.165, 1.54) is 0 Å². The molecule has 2 N–H and O–H groups in total. The number of nitrogens with one attached hydrogen (secondary N) is 2. The Bertz CT molecular complexity index is 1410. The number of amides is 2. The lowest BCUT2D eigenvalue weighted by Gasteiger charge is -2.09. The van der Waals surface area contributed by atoms with E-state index in [4.69, 9.17) is 21.1 Å². The molecule has 0 aliphatic carbocycles. The molecule has 7 nitrogen and oxygen atoms in total. The van der Waals surface area contributed by atoms with Gasteiger partial charge in [-0.25, -0.2) is 0 Å². The first-order valence-electron chi connectivity index (χ1n) is 11.7. The fraction of sp³-hybridized carbons (Fsp3) is 0.138. The van der Waals surface area contributed by atoms with Crippen molar-refractivity contribution in [3.63, 3.8) is 0 Å². The van der Waals surface area contributed by atoms with Crippen LogP contribution in [-0.4, -0.2) is 24.4 Å². The van der Waals surface area contributed by atoms with Crippen LogP contribution in [0.5, 0.6) is 11.5 Å². The third-order valence-corrected chi connectivity index (χ3v) is 5.72. The summed E-state index contributed by atoms with van der Waals surface area (Å²) >= 11 is 5.98. The molecule has 0 unspecified atom stereocenters. The van der Waals surface area contributed by atoms with Crippen molar-refractivity contribution >= 4 is 51.5 Å². The molecule has 0 aliphatic heterocycles. The topological polar surface area (TPSA) is 93.7 Å². The zero-order chi connectivity index (χ0) is 26.0. The number of hydrogen-bond donors (Lipinski definition) is 2. The molecule has 0 atom stereocenters. The van der Waals surface area contributed by atoms with Crippen LogP contribution >= 0.6 is 11.6 Å². The van der Waals surface area contributed by atoms with Crippen molar-refractivity contribution in [2.75, 3.05) is 17.2 Å². The average molecular weight is 517 g/mol. The van der Waals surface area contributed by atoms with E-state index < -0.39 is 18.5 Å². The molecular weight excluding hydrogens is 492 g/mol. The van der Waals surface area contributed by atoms with Gasteiger partial charge in [0.25, 0.3) is 5.91 Å². The number of ether oxygens (including phenoxy) is 2. The van der Waals surface area contributed by atoms with Crippen molar-refractivity contribution in [3.05, 3.63) is 96.0 Å². The first-order valence-corrected chi connectivity index (χ1v) is 12.1. The quantitative estimate of drug-likeness (QED) is 0.232.